The second-order valence-corrected chi connectivity index (χ2v) is 6.03. The van der Waals surface area contributed by atoms with E-state index in [9.17, 15) is 9.90 Å². The van der Waals surface area contributed by atoms with Gasteiger partial charge in [-0.05, 0) is 33.1 Å². The highest BCUT2D eigenvalue weighted by Gasteiger charge is 2.34. The van der Waals surface area contributed by atoms with Gasteiger partial charge in [0.05, 0.1) is 5.41 Å². The maximum absolute atomic E-state index is 11.4. The smallest absolute Gasteiger partial charge is 0.310 e. The van der Waals surface area contributed by atoms with Gasteiger partial charge in [-0.1, -0.05) is 27.2 Å². The first-order chi connectivity index (χ1) is 7.73. The summed E-state index contributed by atoms with van der Waals surface area (Å²) in [6.07, 6.45) is 1.65. The highest BCUT2D eigenvalue weighted by molar-refractivity contribution is 5.74. The Morgan fingerprint density at radius 3 is 2.12 bits per heavy atom. The van der Waals surface area contributed by atoms with E-state index in [1.54, 1.807) is 0 Å². The lowest BCUT2D eigenvalue weighted by Crippen LogP contribution is -2.45. The Morgan fingerprint density at radius 2 is 1.82 bits per heavy atom. The number of nitrogens with zero attached hydrogens (tertiary/aromatic N) is 1. The van der Waals surface area contributed by atoms with E-state index in [0.717, 1.165) is 19.4 Å². The molecule has 0 aliphatic carbocycles. The molecule has 0 bridgehead atoms. The lowest BCUT2D eigenvalue weighted by Gasteiger charge is -2.35. The predicted octanol–water partition coefficient (Wildman–Crippen LogP) is 3.24. The van der Waals surface area contributed by atoms with Crippen molar-refractivity contribution in [2.45, 2.75) is 60.4 Å². The van der Waals surface area contributed by atoms with Crippen LogP contribution in [-0.4, -0.2) is 35.1 Å². The minimum Gasteiger partial charge on any atom is -0.481 e. The first-order valence-corrected chi connectivity index (χ1v) is 6.70. The van der Waals surface area contributed by atoms with Crippen molar-refractivity contribution in [3.63, 3.8) is 0 Å². The van der Waals surface area contributed by atoms with Crippen LogP contribution in [0.2, 0.25) is 0 Å². The van der Waals surface area contributed by atoms with Crippen LogP contribution in [0.1, 0.15) is 54.4 Å². The lowest BCUT2D eigenvalue weighted by molar-refractivity contribution is -0.150. The van der Waals surface area contributed by atoms with Gasteiger partial charge in [0.15, 0.2) is 0 Å². The largest absolute Gasteiger partial charge is 0.481 e. The molecule has 0 aromatic heterocycles. The summed E-state index contributed by atoms with van der Waals surface area (Å²) in [5.41, 5.74) is -0.617. The fraction of sp³-hybridized carbons (Fsp3) is 0.929. The van der Waals surface area contributed by atoms with Gasteiger partial charge in [0, 0.05) is 19.1 Å². The molecule has 0 aromatic rings. The zero-order valence-electron chi connectivity index (χ0n) is 12.3. The van der Waals surface area contributed by atoms with E-state index in [-0.39, 0.29) is 0 Å². The SMILES string of the molecule is CCCC(C)(CN(CC(C)C)C(C)C)C(=O)O. The first-order valence-electron chi connectivity index (χ1n) is 6.70. The van der Waals surface area contributed by atoms with Gasteiger partial charge >= 0.3 is 5.97 Å². The lowest BCUT2D eigenvalue weighted by atomic mass is 9.84. The van der Waals surface area contributed by atoms with E-state index in [0.29, 0.717) is 18.5 Å². The zero-order valence-corrected chi connectivity index (χ0v) is 12.3. The Balaban J connectivity index is 4.73. The Morgan fingerprint density at radius 1 is 1.29 bits per heavy atom. The summed E-state index contributed by atoms with van der Waals surface area (Å²) in [6, 6.07) is 0.396. The van der Waals surface area contributed by atoms with Crippen molar-refractivity contribution in [2.24, 2.45) is 11.3 Å². The molecule has 1 N–H and O–H groups in total. The Labute approximate surface area is 106 Å². The number of carboxylic acids is 1. The Kier molecular flexibility index (Phi) is 6.76. The quantitative estimate of drug-likeness (QED) is 0.711. The second-order valence-electron chi connectivity index (χ2n) is 6.03. The van der Waals surface area contributed by atoms with Crippen LogP contribution in [0.15, 0.2) is 0 Å². The van der Waals surface area contributed by atoms with Gasteiger partial charge in [0.1, 0.15) is 0 Å². The molecule has 0 fully saturated rings. The molecule has 3 nitrogen and oxygen atoms in total. The molecule has 0 heterocycles. The molecule has 0 amide bonds. The molecular weight excluding hydrogens is 214 g/mol. The van der Waals surface area contributed by atoms with Crippen molar-refractivity contribution in [3.8, 4) is 0 Å². The van der Waals surface area contributed by atoms with Crippen LogP contribution < -0.4 is 0 Å². The van der Waals surface area contributed by atoms with Crippen molar-refractivity contribution in [3.05, 3.63) is 0 Å². The molecule has 1 atom stereocenters. The van der Waals surface area contributed by atoms with Crippen LogP contribution in [0.4, 0.5) is 0 Å². The third kappa shape index (κ3) is 5.53. The number of rotatable bonds is 8. The summed E-state index contributed by atoms with van der Waals surface area (Å²) in [7, 11) is 0. The molecular formula is C14H29NO2. The van der Waals surface area contributed by atoms with Crippen LogP contribution in [0.3, 0.4) is 0 Å². The van der Waals surface area contributed by atoms with Crippen LogP contribution in [0, 0.1) is 11.3 Å². The normalized spacial score (nSPS) is 15.6. The van der Waals surface area contributed by atoms with Gasteiger partial charge in [0.2, 0.25) is 0 Å². The van der Waals surface area contributed by atoms with Gasteiger partial charge in [-0.3, -0.25) is 9.69 Å². The Bertz CT molecular complexity index is 238. The average molecular weight is 243 g/mol. The van der Waals surface area contributed by atoms with Gasteiger partial charge < -0.3 is 5.11 Å². The molecule has 0 rings (SSSR count). The third-order valence-electron chi connectivity index (χ3n) is 3.20. The van der Waals surface area contributed by atoms with Gasteiger partial charge in [-0.15, -0.1) is 0 Å². The highest BCUT2D eigenvalue weighted by atomic mass is 16.4. The summed E-state index contributed by atoms with van der Waals surface area (Å²) >= 11 is 0. The first kappa shape index (κ1) is 16.4. The number of hydrogen-bond donors (Lipinski definition) is 1. The summed E-state index contributed by atoms with van der Waals surface area (Å²) < 4.78 is 0. The van der Waals surface area contributed by atoms with Gasteiger partial charge in [0.25, 0.3) is 0 Å². The summed E-state index contributed by atoms with van der Waals surface area (Å²) in [5, 5.41) is 9.40. The van der Waals surface area contributed by atoms with E-state index in [4.69, 9.17) is 0 Å². The van der Waals surface area contributed by atoms with E-state index in [1.165, 1.54) is 0 Å². The van der Waals surface area contributed by atoms with E-state index < -0.39 is 11.4 Å². The third-order valence-corrected chi connectivity index (χ3v) is 3.20. The van der Waals surface area contributed by atoms with Gasteiger partial charge in [-0.25, -0.2) is 0 Å². The molecule has 0 radical (unpaired) electrons. The zero-order chi connectivity index (χ0) is 13.6. The molecule has 0 aliphatic heterocycles. The minimum absolute atomic E-state index is 0.396. The summed E-state index contributed by atoms with van der Waals surface area (Å²) in [5.74, 6) is -0.106. The average Bonchev–Trinajstić information content (AvgIpc) is 2.15. The molecule has 0 aromatic carbocycles. The van der Waals surface area contributed by atoms with Gasteiger partial charge in [-0.2, -0.15) is 0 Å². The maximum Gasteiger partial charge on any atom is 0.310 e. The summed E-state index contributed by atoms with van der Waals surface area (Å²) in [6.45, 7) is 14.1. The van der Waals surface area contributed by atoms with E-state index >= 15 is 0 Å². The molecule has 17 heavy (non-hydrogen) atoms. The highest BCUT2D eigenvalue weighted by Crippen LogP contribution is 2.26. The minimum atomic E-state index is -0.672. The monoisotopic (exact) mass is 243 g/mol. The van der Waals surface area contributed by atoms with Crippen molar-refractivity contribution in [1.82, 2.24) is 4.90 Å². The van der Waals surface area contributed by atoms with E-state index in [2.05, 4.69) is 32.6 Å². The molecule has 0 spiro atoms. The standard InChI is InChI=1S/C14H29NO2/c1-7-8-14(6,13(16)17)10-15(12(4)5)9-11(2)3/h11-12H,7-10H2,1-6H3,(H,16,17). The van der Waals surface area contributed by atoms with Crippen molar-refractivity contribution in [1.29, 1.82) is 0 Å². The number of aliphatic carboxylic acids is 1. The predicted molar refractivity (Wildman–Crippen MR) is 72.2 cm³/mol. The molecule has 0 saturated carbocycles. The Hall–Kier alpha value is -0.570. The van der Waals surface area contributed by atoms with Crippen molar-refractivity contribution in [2.75, 3.05) is 13.1 Å². The molecule has 1 unspecified atom stereocenters. The second kappa shape index (κ2) is 7.00. The fourth-order valence-electron chi connectivity index (χ4n) is 2.18. The topological polar surface area (TPSA) is 40.5 Å². The maximum atomic E-state index is 11.4. The van der Waals surface area contributed by atoms with Crippen LogP contribution in [0.5, 0.6) is 0 Å². The molecule has 0 saturated heterocycles. The van der Waals surface area contributed by atoms with Crippen LogP contribution in [-0.2, 0) is 4.79 Å². The molecule has 102 valence electrons. The van der Waals surface area contributed by atoms with E-state index in [1.807, 2.05) is 13.8 Å². The number of carboxylic acid groups (broad SMARTS) is 1. The van der Waals surface area contributed by atoms with Crippen LogP contribution >= 0.6 is 0 Å². The van der Waals surface area contributed by atoms with Crippen LogP contribution in [0.25, 0.3) is 0 Å². The molecule has 3 heteroatoms. The number of carbonyl (C=O) groups is 1. The molecule has 0 aliphatic rings. The van der Waals surface area contributed by atoms with Crippen molar-refractivity contribution >= 4 is 5.97 Å². The van der Waals surface area contributed by atoms with Crippen molar-refractivity contribution < 1.29 is 9.90 Å². The number of hydrogen-bond acceptors (Lipinski definition) is 2. The summed E-state index contributed by atoms with van der Waals surface area (Å²) in [4.78, 5) is 13.7. The fourth-order valence-corrected chi connectivity index (χ4v) is 2.18.